The van der Waals surface area contributed by atoms with Crippen molar-refractivity contribution in [2.75, 3.05) is 0 Å². The van der Waals surface area contributed by atoms with Gasteiger partial charge in [0.25, 0.3) is 0 Å². The molecular weight excluding hydrogens is 387 g/mol. The first kappa shape index (κ1) is 18.8. The van der Waals surface area contributed by atoms with Gasteiger partial charge in [-0.2, -0.15) is 14.9 Å². The molecule has 0 aliphatic carbocycles. The first-order valence-electron chi connectivity index (χ1n) is 8.93. The minimum atomic E-state index is -0.315. The van der Waals surface area contributed by atoms with Crippen molar-refractivity contribution in [1.82, 2.24) is 14.9 Å². The van der Waals surface area contributed by atoms with Gasteiger partial charge in [-0.3, -0.25) is 0 Å². The third-order valence-corrected chi connectivity index (χ3v) is 4.45. The summed E-state index contributed by atoms with van der Waals surface area (Å²) < 4.78 is 20.9. The number of aromatic nitrogens is 3. The molecule has 3 aromatic carbocycles. The van der Waals surface area contributed by atoms with Crippen LogP contribution in [0, 0.1) is 10.6 Å². The van der Waals surface area contributed by atoms with Crippen LogP contribution >= 0.6 is 12.2 Å². The van der Waals surface area contributed by atoms with Crippen molar-refractivity contribution in [1.29, 1.82) is 0 Å². The van der Waals surface area contributed by atoms with Crippen molar-refractivity contribution in [2.24, 2.45) is 5.10 Å². The van der Waals surface area contributed by atoms with Crippen LogP contribution in [0.5, 0.6) is 5.75 Å². The highest BCUT2D eigenvalue weighted by atomic mass is 32.1. The fourth-order valence-corrected chi connectivity index (χ4v) is 2.91. The molecule has 0 aliphatic rings. The van der Waals surface area contributed by atoms with Gasteiger partial charge in [-0.05, 0) is 59.7 Å². The van der Waals surface area contributed by atoms with Crippen LogP contribution in [0.4, 0.5) is 4.39 Å². The van der Waals surface area contributed by atoms with Crippen LogP contribution < -0.4 is 4.74 Å². The number of benzene rings is 3. The van der Waals surface area contributed by atoms with E-state index in [2.05, 4.69) is 15.3 Å². The molecule has 1 heterocycles. The van der Waals surface area contributed by atoms with Crippen molar-refractivity contribution in [3.8, 4) is 17.1 Å². The van der Waals surface area contributed by atoms with Crippen molar-refractivity contribution >= 4 is 18.4 Å². The predicted octanol–water partition coefficient (Wildman–Crippen LogP) is 5.21. The average molecular weight is 404 g/mol. The third-order valence-electron chi connectivity index (χ3n) is 4.18. The van der Waals surface area contributed by atoms with Crippen molar-refractivity contribution < 1.29 is 9.13 Å². The Labute approximate surface area is 172 Å². The zero-order valence-electron chi connectivity index (χ0n) is 15.3. The van der Waals surface area contributed by atoms with Crippen molar-refractivity contribution in [3.05, 3.63) is 101 Å². The first-order chi connectivity index (χ1) is 14.2. The second-order valence-electron chi connectivity index (χ2n) is 6.26. The molecule has 7 heteroatoms. The van der Waals surface area contributed by atoms with Crippen molar-refractivity contribution in [2.45, 2.75) is 6.61 Å². The van der Waals surface area contributed by atoms with Gasteiger partial charge in [-0.25, -0.2) is 9.49 Å². The molecular formula is C22H17FN4OS. The maximum absolute atomic E-state index is 13.2. The maximum Gasteiger partial charge on any atom is 0.216 e. The summed E-state index contributed by atoms with van der Waals surface area (Å²) in [6, 6.07) is 23.6. The van der Waals surface area contributed by atoms with Gasteiger partial charge >= 0.3 is 0 Å². The predicted molar refractivity (Wildman–Crippen MR) is 113 cm³/mol. The fourth-order valence-electron chi connectivity index (χ4n) is 2.73. The highest BCUT2D eigenvalue weighted by Gasteiger charge is 2.08. The van der Waals surface area contributed by atoms with Gasteiger partial charge in [-0.1, -0.05) is 42.5 Å². The van der Waals surface area contributed by atoms with E-state index >= 15 is 0 Å². The Morgan fingerprint density at radius 1 is 1.03 bits per heavy atom. The Kier molecular flexibility index (Phi) is 5.58. The maximum atomic E-state index is 13.2. The molecule has 1 aromatic heterocycles. The molecule has 0 saturated heterocycles. The van der Waals surface area contributed by atoms with E-state index in [1.807, 2.05) is 54.6 Å². The molecule has 4 aromatic rings. The van der Waals surface area contributed by atoms with Gasteiger partial charge in [0.1, 0.15) is 18.2 Å². The summed E-state index contributed by atoms with van der Waals surface area (Å²) in [5.74, 6) is 0.931. The molecule has 0 radical (unpaired) electrons. The monoisotopic (exact) mass is 404 g/mol. The SMILES string of the molecule is Fc1ccc(-c2n[nH]c(=S)n2/N=C\c2cccc(OCc3ccccc3)c2)cc1. The molecule has 0 fully saturated rings. The Hall–Kier alpha value is -3.58. The van der Waals surface area contributed by atoms with E-state index in [0.717, 1.165) is 16.9 Å². The minimum Gasteiger partial charge on any atom is -0.489 e. The molecule has 0 aliphatic heterocycles. The molecule has 1 N–H and O–H groups in total. The summed E-state index contributed by atoms with van der Waals surface area (Å²) in [5, 5.41) is 11.4. The Morgan fingerprint density at radius 2 is 1.83 bits per heavy atom. The fraction of sp³-hybridized carbons (Fsp3) is 0.0455. The molecule has 29 heavy (non-hydrogen) atoms. The molecule has 0 unspecified atom stereocenters. The Bertz CT molecular complexity index is 1180. The number of hydrogen-bond acceptors (Lipinski definition) is 4. The lowest BCUT2D eigenvalue weighted by molar-refractivity contribution is 0.306. The Morgan fingerprint density at radius 3 is 2.62 bits per heavy atom. The van der Waals surface area contributed by atoms with E-state index in [-0.39, 0.29) is 5.82 Å². The van der Waals surface area contributed by atoms with Crippen LogP contribution in [0.25, 0.3) is 11.4 Å². The van der Waals surface area contributed by atoms with Crippen LogP contribution in [-0.2, 0) is 6.61 Å². The number of H-pyrrole nitrogens is 1. The third kappa shape index (κ3) is 4.64. The summed E-state index contributed by atoms with van der Waals surface area (Å²) in [6.07, 6.45) is 1.67. The van der Waals surface area contributed by atoms with Crippen LogP contribution in [0.3, 0.4) is 0 Å². The van der Waals surface area contributed by atoms with E-state index in [1.165, 1.54) is 16.8 Å². The number of hydrogen-bond donors (Lipinski definition) is 1. The van der Waals surface area contributed by atoms with E-state index < -0.39 is 0 Å². The number of aromatic amines is 1. The van der Waals surface area contributed by atoms with Crippen LogP contribution in [0.15, 0.2) is 84.0 Å². The summed E-state index contributed by atoms with van der Waals surface area (Å²) >= 11 is 5.27. The molecule has 0 saturated carbocycles. The average Bonchev–Trinajstić information content (AvgIpc) is 3.13. The molecule has 144 valence electrons. The van der Waals surface area contributed by atoms with E-state index in [9.17, 15) is 4.39 Å². The van der Waals surface area contributed by atoms with Crippen molar-refractivity contribution in [3.63, 3.8) is 0 Å². The summed E-state index contributed by atoms with van der Waals surface area (Å²) in [4.78, 5) is 0. The molecule has 0 atom stereocenters. The zero-order valence-corrected chi connectivity index (χ0v) is 16.1. The van der Waals surface area contributed by atoms with Crippen LogP contribution in [0.2, 0.25) is 0 Å². The van der Waals surface area contributed by atoms with E-state index in [1.54, 1.807) is 18.3 Å². The summed E-state index contributed by atoms with van der Waals surface area (Å²) in [6.45, 7) is 0.489. The summed E-state index contributed by atoms with van der Waals surface area (Å²) in [7, 11) is 0. The topological polar surface area (TPSA) is 55.2 Å². The van der Waals surface area contributed by atoms with Gasteiger partial charge in [0.05, 0.1) is 6.21 Å². The second-order valence-corrected chi connectivity index (χ2v) is 6.65. The number of ether oxygens (including phenoxy) is 1. The lowest BCUT2D eigenvalue weighted by Gasteiger charge is -2.07. The van der Waals surface area contributed by atoms with E-state index in [4.69, 9.17) is 17.0 Å². The number of nitrogens with zero attached hydrogens (tertiary/aromatic N) is 3. The van der Waals surface area contributed by atoms with Gasteiger partial charge in [0.2, 0.25) is 4.77 Å². The number of nitrogens with one attached hydrogen (secondary N) is 1. The van der Waals surface area contributed by atoms with Crippen LogP contribution in [0.1, 0.15) is 11.1 Å². The lowest BCUT2D eigenvalue weighted by Crippen LogP contribution is -1.97. The highest BCUT2D eigenvalue weighted by molar-refractivity contribution is 7.71. The quantitative estimate of drug-likeness (QED) is 0.355. The highest BCUT2D eigenvalue weighted by Crippen LogP contribution is 2.18. The molecule has 0 spiro atoms. The van der Waals surface area contributed by atoms with Gasteiger partial charge < -0.3 is 4.74 Å². The van der Waals surface area contributed by atoms with Gasteiger partial charge in [0.15, 0.2) is 5.82 Å². The smallest absolute Gasteiger partial charge is 0.216 e. The minimum absolute atomic E-state index is 0.315. The standard InChI is InChI=1S/C22H17FN4OS/c23-19-11-9-18(10-12-19)21-25-26-22(29)27(21)24-14-17-7-4-8-20(13-17)28-15-16-5-2-1-3-6-16/h1-14H,15H2,(H,26,29)/b24-14-. The first-order valence-corrected chi connectivity index (χ1v) is 9.34. The number of rotatable bonds is 6. The molecule has 5 nitrogen and oxygen atoms in total. The van der Waals surface area contributed by atoms with Crippen LogP contribution in [-0.4, -0.2) is 21.1 Å². The summed E-state index contributed by atoms with van der Waals surface area (Å²) in [5.41, 5.74) is 2.65. The number of halogens is 1. The molecule has 0 amide bonds. The molecule has 4 rings (SSSR count). The normalized spacial score (nSPS) is 11.1. The molecule has 0 bridgehead atoms. The largest absolute Gasteiger partial charge is 0.489 e. The zero-order chi connectivity index (χ0) is 20.1. The van der Waals surface area contributed by atoms with Gasteiger partial charge in [-0.15, -0.1) is 0 Å². The van der Waals surface area contributed by atoms with E-state index in [0.29, 0.717) is 22.8 Å². The Balaban J connectivity index is 1.53. The van der Waals surface area contributed by atoms with Gasteiger partial charge in [0, 0.05) is 5.56 Å². The second kappa shape index (κ2) is 8.62. The lowest BCUT2D eigenvalue weighted by atomic mass is 10.2.